The van der Waals surface area contributed by atoms with Crippen LogP contribution in [-0.4, -0.2) is 44.9 Å². The van der Waals surface area contributed by atoms with Crippen molar-refractivity contribution in [3.63, 3.8) is 0 Å². The number of rotatable bonds is 7. The second-order valence-electron chi connectivity index (χ2n) is 6.98. The third kappa shape index (κ3) is 6.28. The molecule has 1 aromatic heterocycles. The van der Waals surface area contributed by atoms with E-state index < -0.39 is 5.97 Å². The van der Waals surface area contributed by atoms with Crippen LogP contribution in [0.3, 0.4) is 0 Å². The molecule has 33 heavy (non-hydrogen) atoms. The van der Waals surface area contributed by atoms with Crippen molar-refractivity contribution in [1.82, 2.24) is 10.3 Å². The molecule has 0 bridgehead atoms. The molecule has 0 aliphatic rings. The van der Waals surface area contributed by atoms with Crippen LogP contribution in [0.1, 0.15) is 36.8 Å². The number of halogens is 2. The zero-order valence-corrected chi connectivity index (χ0v) is 21.4. The number of fused-ring (bicyclic) bond motifs is 1. The average molecular weight is 493 g/mol. The Morgan fingerprint density at radius 3 is 2.12 bits per heavy atom. The zero-order chi connectivity index (χ0) is 24.5. The molecular formula is C25H30Cl2N2O4. The first-order valence-corrected chi connectivity index (χ1v) is 11.5. The first kappa shape index (κ1) is 26.7. The highest BCUT2D eigenvalue weighted by Crippen LogP contribution is 2.40. The summed E-state index contributed by atoms with van der Waals surface area (Å²) in [6, 6.07) is 8.79. The number of hydrogen-bond donors (Lipinski definition) is 1. The van der Waals surface area contributed by atoms with Gasteiger partial charge < -0.3 is 19.5 Å². The third-order valence-electron chi connectivity index (χ3n) is 4.86. The van der Waals surface area contributed by atoms with E-state index in [0.717, 1.165) is 18.7 Å². The van der Waals surface area contributed by atoms with E-state index in [0.29, 0.717) is 49.3 Å². The summed E-state index contributed by atoms with van der Waals surface area (Å²) in [5.41, 5.74) is 2.95. The van der Waals surface area contributed by atoms with Gasteiger partial charge in [0.2, 0.25) is 0 Å². The Bertz CT molecular complexity index is 1120. The summed E-state index contributed by atoms with van der Waals surface area (Å²) < 4.78 is 16.1. The van der Waals surface area contributed by atoms with Crippen molar-refractivity contribution in [1.29, 1.82) is 0 Å². The van der Waals surface area contributed by atoms with Crippen LogP contribution in [-0.2, 0) is 4.74 Å². The van der Waals surface area contributed by atoms with Gasteiger partial charge in [-0.2, -0.15) is 0 Å². The lowest BCUT2D eigenvalue weighted by Gasteiger charge is -2.17. The summed E-state index contributed by atoms with van der Waals surface area (Å²) in [4.78, 5) is 17.3. The van der Waals surface area contributed by atoms with Crippen molar-refractivity contribution in [2.45, 2.75) is 27.7 Å². The van der Waals surface area contributed by atoms with E-state index >= 15 is 0 Å². The molecule has 0 radical (unpaired) electrons. The lowest BCUT2D eigenvalue weighted by molar-refractivity contribution is 0.0526. The van der Waals surface area contributed by atoms with Gasteiger partial charge in [0.15, 0.2) is 11.5 Å². The van der Waals surface area contributed by atoms with Crippen LogP contribution in [0.5, 0.6) is 11.5 Å². The molecular weight excluding hydrogens is 463 g/mol. The minimum absolute atomic E-state index is 0.253. The maximum absolute atomic E-state index is 12.8. The highest BCUT2D eigenvalue weighted by molar-refractivity contribution is 6.42. The fourth-order valence-corrected chi connectivity index (χ4v) is 3.67. The molecule has 1 heterocycles. The van der Waals surface area contributed by atoms with E-state index in [1.165, 1.54) is 0 Å². The fourth-order valence-electron chi connectivity index (χ4n) is 3.37. The van der Waals surface area contributed by atoms with E-state index in [4.69, 9.17) is 37.4 Å². The van der Waals surface area contributed by atoms with Crippen molar-refractivity contribution in [2.24, 2.45) is 0 Å². The highest BCUT2D eigenvalue weighted by Gasteiger charge is 2.23. The number of hydrogen-bond acceptors (Lipinski definition) is 6. The summed E-state index contributed by atoms with van der Waals surface area (Å²) in [7, 11) is 3.11. The quantitative estimate of drug-likeness (QED) is 0.388. The number of nitrogens with zero attached hydrogens (tertiary/aromatic N) is 1. The Balaban J connectivity index is 0.000000696. The lowest BCUT2D eigenvalue weighted by Crippen LogP contribution is -2.11. The van der Waals surface area contributed by atoms with Gasteiger partial charge in [0.05, 0.1) is 47.6 Å². The molecule has 0 saturated heterocycles. The number of benzene rings is 2. The molecule has 0 fully saturated rings. The molecule has 3 aromatic rings. The second kappa shape index (κ2) is 12.6. The Morgan fingerprint density at radius 2 is 1.61 bits per heavy atom. The van der Waals surface area contributed by atoms with Crippen LogP contribution in [0.25, 0.3) is 22.0 Å². The molecule has 0 aliphatic heterocycles. The minimum Gasteiger partial charge on any atom is -0.493 e. The number of methoxy groups -OCH3 is 2. The summed E-state index contributed by atoms with van der Waals surface area (Å²) >= 11 is 12.3. The Kier molecular flexibility index (Phi) is 10.2. The summed E-state index contributed by atoms with van der Waals surface area (Å²) in [5.74, 6) is 0.618. The predicted octanol–water partition coefficient (Wildman–Crippen LogP) is 6.33. The smallest absolute Gasteiger partial charge is 0.340 e. The maximum atomic E-state index is 12.8. The average Bonchev–Trinajstić information content (AvgIpc) is 2.80. The van der Waals surface area contributed by atoms with Gasteiger partial charge >= 0.3 is 5.97 Å². The Labute approximate surface area is 205 Å². The predicted molar refractivity (Wildman–Crippen MR) is 135 cm³/mol. The van der Waals surface area contributed by atoms with E-state index in [1.54, 1.807) is 52.3 Å². The Morgan fingerprint density at radius 1 is 0.970 bits per heavy atom. The van der Waals surface area contributed by atoms with Crippen LogP contribution in [0, 0.1) is 6.92 Å². The van der Waals surface area contributed by atoms with Gasteiger partial charge in [-0.05, 0) is 50.7 Å². The number of nitrogens with one attached hydrogen (secondary N) is 1. The van der Waals surface area contributed by atoms with Gasteiger partial charge in [0.1, 0.15) is 0 Å². The maximum Gasteiger partial charge on any atom is 0.340 e. The molecule has 0 unspecified atom stereocenters. The lowest BCUT2D eigenvalue weighted by atomic mass is 9.94. The number of ether oxygens (including phenoxy) is 3. The van der Waals surface area contributed by atoms with Crippen LogP contribution in [0.2, 0.25) is 10.0 Å². The molecule has 0 spiro atoms. The van der Waals surface area contributed by atoms with Crippen LogP contribution < -0.4 is 14.8 Å². The molecule has 6 nitrogen and oxygen atoms in total. The Hall–Kier alpha value is -2.54. The van der Waals surface area contributed by atoms with Crippen molar-refractivity contribution in [3.8, 4) is 22.6 Å². The number of carbonyl (C=O) groups excluding carboxylic acids is 1. The van der Waals surface area contributed by atoms with Gasteiger partial charge in [-0.25, -0.2) is 4.79 Å². The molecule has 0 atom stereocenters. The monoisotopic (exact) mass is 492 g/mol. The molecule has 178 valence electrons. The summed E-state index contributed by atoms with van der Waals surface area (Å²) in [6.07, 6.45) is 0. The van der Waals surface area contributed by atoms with Gasteiger partial charge in [0, 0.05) is 17.0 Å². The fraction of sp³-hybridized carbons (Fsp3) is 0.360. The number of esters is 1. The van der Waals surface area contributed by atoms with Gasteiger partial charge in [-0.1, -0.05) is 43.1 Å². The molecule has 2 aromatic carbocycles. The molecule has 0 aliphatic carbocycles. The molecule has 8 heteroatoms. The topological polar surface area (TPSA) is 69.7 Å². The SMILES string of the molecule is CCNCC.CCOC(=O)c1c(C)nc2cc(OC)c(OC)cc2c1-c1ccc(Cl)c(Cl)c1. The first-order valence-electron chi connectivity index (χ1n) is 10.7. The molecule has 0 saturated carbocycles. The van der Waals surface area contributed by atoms with Crippen LogP contribution in [0.4, 0.5) is 0 Å². The van der Waals surface area contributed by atoms with E-state index in [1.807, 2.05) is 6.07 Å². The number of carbonyl (C=O) groups is 1. The van der Waals surface area contributed by atoms with Crippen molar-refractivity contribution in [2.75, 3.05) is 33.9 Å². The van der Waals surface area contributed by atoms with Gasteiger partial charge in [-0.15, -0.1) is 0 Å². The van der Waals surface area contributed by atoms with E-state index in [9.17, 15) is 4.79 Å². The zero-order valence-electron chi connectivity index (χ0n) is 19.8. The van der Waals surface area contributed by atoms with Crippen molar-refractivity contribution < 1.29 is 19.0 Å². The van der Waals surface area contributed by atoms with Crippen molar-refractivity contribution >= 4 is 40.1 Å². The minimum atomic E-state index is -0.453. The van der Waals surface area contributed by atoms with Crippen molar-refractivity contribution in [3.05, 3.63) is 51.6 Å². The van der Waals surface area contributed by atoms with Crippen LogP contribution >= 0.6 is 23.2 Å². The molecule has 3 rings (SSSR count). The largest absolute Gasteiger partial charge is 0.493 e. The number of aryl methyl sites for hydroxylation is 1. The van der Waals surface area contributed by atoms with Gasteiger partial charge in [-0.3, -0.25) is 4.98 Å². The standard InChI is InChI=1S/C21H19Cl2NO4.C4H11N/c1-5-28-21(25)19-11(2)24-16-10-18(27-4)17(26-3)9-13(16)20(19)12-6-7-14(22)15(23)8-12;1-3-5-4-2/h6-10H,5H2,1-4H3;5H,3-4H2,1-2H3. The summed E-state index contributed by atoms with van der Waals surface area (Å²) in [6.45, 7) is 10.2. The number of aromatic nitrogens is 1. The number of pyridine rings is 1. The normalized spacial score (nSPS) is 10.4. The second-order valence-corrected chi connectivity index (χ2v) is 7.79. The first-order chi connectivity index (χ1) is 15.8. The highest BCUT2D eigenvalue weighted by atomic mass is 35.5. The third-order valence-corrected chi connectivity index (χ3v) is 5.60. The van der Waals surface area contributed by atoms with Crippen LogP contribution in [0.15, 0.2) is 30.3 Å². The summed E-state index contributed by atoms with van der Waals surface area (Å²) in [5, 5.41) is 4.64. The molecule has 1 N–H and O–H groups in total. The van der Waals surface area contributed by atoms with E-state index in [-0.39, 0.29) is 6.61 Å². The van der Waals surface area contributed by atoms with E-state index in [2.05, 4.69) is 24.1 Å². The van der Waals surface area contributed by atoms with Gasteiger partial charge in [0.25, 0.3) is 0 Å². The molecule has 0 amide bonds.